The zero-order valence-electron chi connectivity index (χ0n) is 13.8. The van der Waals surface area contributed by atoms with Gasteiger partial charge in [-0.15, -0.1) is 4.72 Å². The third kappa shape index (κ3) is 3.17. The molecule has 136 valence electrons. The summed E-state index contributed by atoms with van der Waals surface area (Å²) in [6, 6.07) is 1.56. The van der Waals surface area contributed by atoms with Gasteiger partial charge in [-0.2, -0.15) is 0 Å². The van der Waals surface area contributed by atoms with Crippen molar-refractivity contribution in [3.63, 3.8) is 0 Å². The summed E-state index contributed by atoms with van der Waals surface area (Å²) < 4.78 is 38.8. The molecular weight excluding hydrogens is 346 g/mol. The summed E-state index contributed by atoms with van der Waals surface area (Å²) in [6.07, 6.45) is 4.87. The minimum atomic E-state index is -3.66. The molecule has 8 nitrogen and oxygen atoms in total. The van der Waals surface area contributed by atoms with Gasteiger partial charge in [0.2, 0.25) is 10.8 Å². The van der Waals surface area contributed by atoms with Gasteiger partial charge in [0.15, 0.2) is 16.1 Å². The minimum absolute atomic E-state index is 0.0112. The molecule has 3 aliphatic rings. The lowest BCUT2D eigenvalue weighted by atomic mass is 9.98. The predicted molar refractivity (Wildman–Crippen MR) is 87.4 cm³/mol. The smallest absolute Gasteiger partial charge is 0.235 e. The van der Waals surface area contributed by atoms with Crippen LogP contribution in [0.5, 0.6) is 5.75 Å². The van der Waals surface area contributed by atoms with E-state index in [4.69, 9.17) is 9.47 Å². The normalized spacial score (nSPS) is 32.9. The fourth-order valence-electron chi connectivity index (χ4n) is 3.69. The van der Waals surface area contributed by atoms with Gasteiger partial charge in [0.05, 0.1) is 19.3 Å². The Morgan fingerprint density at radius 1 is 1.44 bits per heavy atom. The molecule has 9 heteroatoms. The van der Waals surface area contributed by atoms with Gasteiger partial charge in [-0.1, -0.05) is 4.21 Å². The number of pyridine rings is 1. The van der Waals surface area contributed by atoms with E-state index in [2.05, 4.69) is 9.71 Å². The van der Waals surface area contributed by atoms with Crippen LogP contribution in [0.2, 0.25) is 0 Å². The Morgan fingerprint density at radius 2 is 2.24 bits per heavy atom. The Bertz CT molecular complexity index is 723. The monoisotopic (exact) mass is 367 g/mol. The highest BCUT2D eigenvalue weighted by Gasteiger charge is 2.48. The van der Waals surface area contributed by atoms with Crippen LogP contribution in [0.15, 0.2) is 23.4 Å². The quantitative estimate of drug-likeness (QED) is 0.719. The molecule has 3 aliphatic heterocycles. The van der Waals surface area contributed by atoms with E-state index in [1.165, 1.54) is 12.4 Å². The molecule has 1 spiro atoms. The van der Waals surface area contributed by atoms with Gasteiger partial charge in [-0.05, 0) is 12.8 Å². The van der Waals surface area contributed by atoms with E-state index in [1.54, 1.807) is 11.0 Å². The van der Waals surface area contributed by atoms with Gasteiger partial charge in [-0.3, -0.25) is 9.78 Å². The molecule has 0 saturated carbocycles. The molecule has 1 amide bonds. The minimum Gasteiger partial charge on any atom is -0.593 e. The molecule has 0 bridgehead atoms. The summed E-state index contributed by atoms with van der Waals surface area (Å²) in [5.74, 6) is 0.397. The lowest BCUT2D eigenvalue weighted by Crippen LogP contribution is -2.49. The van der Waals surface area contributed by atoms with E-state index in [0.29, 0.717) is 38.5 Å². The van der Waals surface area contributed by atoms with Crippen molar-refractivity contribution in [3.05, 3.63) is 18.5 Å². The average Bonchev–Trinajstić information content (AvgIpc) is 3.00. The van der Waals surface area contributed by atoms with Gasteiger partial charge < -0.3 is 18.9 Å². The van der Waals surface area contributed by atoms with Crippen molar-refractivity contribution in [1.29, 1.82) is 0 Å². The van der Waals surface area contributed by atoms with Crippen LogP contribution in [0.25, 0.3) is 0 Å². The van der Waals surface area contributed by atoms with E-state index in [1.807, 2.05) is 0 Å². The lowest BCUT2D eigenvalue weighted by Gasteiger charge is -2.30. The molecule has 0 radical (unpaired) electrons. The Balaban J connectivity index is 1.54. The summed E-state index contributed by atoms with van der Waals surface area (Å²) in [7, 11) is -3.66. The first-order chi connectivity index (χ1) is 12.0. The van der Waals surface area contributed by atoms with Gasteiger partial charge in [0.1, 0.15) is 5.60 Å². The highest BCUT2D eigenvalue weighted by atomic mass is 32.3. The second kappa shape index (κ2) is 6.31. The second-order valence-corrected chi connectivity index (χ2v) is 8.56. The van der Waals surface area contributed by atoms with Crippen molar-refractivity contribution in [1.82, 2.24) is 14.6 Å². The van der Waals surface area contributed by atoms with Crippen LogP contribution in [0.1, 0.15) is 19.3 Å². The van der Waals surface area contributed by atoms with Crippen LogP contribution in [0.4, 0.5) is 0 Å². The van der Waals surface area contributed by atoms with E-state index in [9.17, 15) is 13.6 Å². The molecule has 2 saturated heterocycles. The van der Waals surface area contributed by atoms with Crippen molar-refractivity contribution < 1.29 is 23.0 Å². The predicted octanol–water partition coefficient (Wildman–Crippen LogP) is 0.365. The molecule has 2 atom stereocenters. The Morgan fingerprint density at radius 3 is 3.04 bits per heavy atom. The van der Waals surface area contributed by atoms with Crippen LogP contribution in [-0.2, 0) is 24.1 Å². The molecule has 4 heterocycles. The van der Waals surface area contributed by atoms with E-state index in [0.717, 1.165) is 12.8 Å². The third-order valence-corrected chi connectivity index (χ3v) is 6.56. The maximum atomic E-state index is 12.8. The van der Waals surface area contributed by atoms with Crippen molar-refractivity contribution in [2.24, 2.45) is 5.92 Å². The van der Waals surface area contributed by atoms with Crippen molar-refractivity contribution in [2.75, 3.05) is 32.8 Å². The van der Waals surface area contributed by atoms with Crippen LogP contribution < -0.4 is 9.46 Å². The summed E-state index contributed by atoms with van der Waals surface area (Å²) in [4.78, 5) is 18.5. The zero-order valence-corrected chi connectivity index (χ0v) is 14.6. The number of amides is 1. The number of hydrogen-bond acceptors (Lipinski definition) is 6. The first kappa shape index (κ1) is 16.9. The van der Waals surface area contributed by atoms with Gasteiger partial charge in [-0.25, -0.2) is 0 Å². The number of fused-ring (bicyclic) bond motifs is 1. The van der Waals surface area contributed by atoms with E-state index < -0.39 is 16.0 Å². The first-order valence-electron chi connectivity index (χ1n) is 8.48. The summed E-state index contributed by atoms with van der Waals surface area (Å²) in [5, 5.41) is 0. The van der Waals surface area contributed by atoms with Gasteiger partial charge in [0, 0.05) is 44.4 Å². The highest BCUT2D eigenvalue weighted by molar-refractivity contribution is 7.95. The molecule has 2 fully saturated rings. The summed E-state index contributed by atoms with van der Waals surface area (Å²) in [6.45, 7) is 2.32. The second-order valence-electron chi connectivity index (χ2n) is 6.83. The van der Waals surface area contributed by atoms with Crippen LogP contribution in [0.3, 0.4) is 0 Å². The van der Waals surface area contributed by atoms with Crippen LogP contribution in [0, 0.1) is 5.92 Å². The number of likely N-dealkylation sites (tertiary alicyclic amines) is 1. The van der Waals surface area contributed by atoms with Gasteiger partial charge >= 0.3 is 0 Å². The first-order valence-corrected chi connectivity index (χ1v) is 9.97. The molecule has 0 aliphatic carbocycles. The van der Waals surface area contributed by atoms with Crippen molar-refractivity contribution in [2.45, 2.75) is 29.8 Å². The zero-order chi connectivity index (χ0) is 17.5. The highest BCUT2D eigenvalue weighted by Crippen LogP contribution is 2.36. The maximum absolute atomic E-state index is 12.8. The topological polar surface area (TPSA) is 104 Å². The third-order valence-electron chi connectivity index (χ3n) is 5.15. The number of ether oxygens (including phenoxy) is 2. The van der Waals surface area contributed by atoms with E-state index >= 15 is 0 Å². The number of nitrogens with zero attached hydrogens (tertiary/aromatic N) is 2. The molecule has 4 rings (SSSR count). The largest absolute Gasteiger partial charge is 0.593 e. The maximum Gasteiger partial charge on any atom is 0.235 e. The number of hydrogen-bond donors (Lipinski definition) is 1. The van der Waals surface area contributed by atoms with Crippen molar-refractivity contribution >= 4 is 16.3 Å². The number of carbonyl (C=O) groups is 1. The average molecular weight is 367 g/mol. The molecule has 1 aromatic heterocycles. The fourth-order valence-corrected chi connectivity index (χ4v) is 4.87. The Hall–Kier alpha value is -1.55. The standard InChI is InChI=1S/C16H21N3O5S/c20-15(12-2-7-23-8-3-12)19-6-4-16(11-19)10-18-25(21,22)14-9-17-5-1-13(14)24-16/h1,5,9,12H,2-4,6-8,10-11H2,(H-,18,21,22). The number of aromatic nitrogens is 1. The fraction of sp³-hybridized carbons (Fsp3) is 0.625. The molecule has 1 aromatic rings. The Labute approximate surface area is 147 Å². The summed E-state index contributed by atoms with van der Waals surface area (Å²) >= 11 is 0. The molecule has 2 unspecified atom stereocenters. The molecular formula is C16H21N3O5S. The van der Waals surface area contributed by atoms with Crippen LogP contribution >= 0.6 is 0 Å². The molecule has 0 aromatic carbocycles. The van der Waals surface area contributed by atoms with Gasteiger partial charge in [0.25, 0.3) is 0 Å². The Kier molecular flexibility index (Phi) is 4.27. The molecule has 1 N–H and O–H groups in total. The number of rotatable bonds is 1. The van der Waals surface area contributed by atoms with Crippen LogP contribution in [-0.4, -0.2) is 58.8 Å². The SMILES string of the molecule is O=C(C1CCOCC1)N1CCC2(CN[S+](=O)([O-])c3cnccc3O2)C1. The number of nitrogens with one attached hydrogen (secondary N) is 1. The molecule has 25 heavy (non-hydrogen) atoms. The number of sulfonamides is 1. The summed E-state index contributed by atoms with van der Waals surface area (Å²) in [5.41, 5.74) is -0.736. The van der Waals surface area contributed by atoms with E-state index in [-0.39, 0.29) is 23.3 Å². The van der Waals surface area contributed by atoms with Crippen molar-refractivity contribution in [3.8, 4) is 5.75 Å². The lowest BCUT2D eigenvalue weighted by molar-refractivity contribution is -0.138. The number of carbonyl (C=O) groups excluding carboxylic acids is 1.